The predicted molar refractivity (Wildman–Crippen MR) is 68.9 cm³/mol. The number of hydrogen-bond acceptors (Lipinski definition) is 2. The molecular weight excluding hydrogens is 220 g/mol. The van der Waals surface area contributed by atoms with Gasteiger partial charge >= 0.3 is 6.03 Å². The van der Waals surface area contributed by atoms with Gasteiger partial charge in [-0.2, -0.15) is 11.8 Å². The number of amides is 2. The summed E-state index contributed by atoms with van der Waals surface area (Å²) in [4.78, 5) is 13.9. The van der Waals surface area contributed by atoms with Crippen LogP contribution in [0.3, 0.4) is 0 Å². The molecule has 1 N–H and O–H groups in total. The first-order valence-electron chi connectivity index (χ1n) is 6.30. The van der Waals surface area contributed by atoms with Gasteiger partial charge in [0.05, 0.1) is 0 Å². The lowest BCUT2D eigenvalue weighted by atomic mass is 9.89. The number of urea groups is 1. The van der Waals surface area contributed by atoms with Gasteiger partial charge < -0.3 is 10.2 Å². The summed E-state index contributed by atoms with van der Waals surface area (Å²) in [5, 5.41) is 3.11. The highest BCUT2D eigenvalue weighted by Gasteiger charge is 2.29. The maximum absolute atomic E-state index is 11.9. The molecule has 0 unspecified atom stereocenters. The summed E-state index contributed by atoms with van der Waals surface area (Å²) in [6, 6.07) is 0.147. The average molecular weight is 242 g/mol. The van der Waals surface area contributed by atoms with E-state index in [0.29, 0.717) is 5.41 Å². The molecule has 1 saturated heterocycles. The molecule has 0 aromatic carbocycles. The zero-order chi connectivity index (χ0) is 11.4. The SMILES string of the molecule is CC1(CNC(=O)N2CCSCC2)CCCC1. The van der Waals surface area contributed by atoms with Gasteiger partial charge in [0.1, 0.15) is 0 Å². The molecule has 0 aromatic heterocycles. The van der Waals surface area contributed by atoms with Gasteiger partial charge in [0, 0.05) is 31.1 Å². The molecule has 1 aliphatic heterocycles. The van der Waals surface area contributed by atoms with E-state index < -0.39 is 0 Å². The summed E-state index contributed by atoms with van der Waals surface area (Å²) in [5.41, 5.74) is 0.361. The lowest BCUT2D eigenvalue weighted by Gasteiger charge is -2.29. The predicted octanol–water partition coefficient (Wildman–Crippen LogP) is 2.33. The molecule has 92 valence electrons. The first-order valence-corrected chi connectivity index (χ1v) is 7.46. The third-order valence-electron chi connectivity index (χ3n) is 3.78. The molecule has 3 nitrogen and oxygen atoms in total. The fraction of sp³-hybridized carbons (Fsp3) is 0.917. The summed E-state index contributed by atoms with van der Waals surface area (Å²) >= 11 is 1.94. The zero-order valence-corrected chi connectivity index (χ0v) is 10.9. The Balaban J connectivity index is 1.74. The molecule has 0 atom stereocenters. The third kappa shape index (κ3) is 3.06. The summed E-state index contributed by atoms with van der Waals surface area (Å²) < 4.78 is 0. The van der Waals surface area contributed by atoms with E-state index in [1.54, 1.807) is 0 Å². The number of thioether (sulfide) groups is 1. The second-order valence-corrected chi connectivity index (χ2v) is 6.50. The van der Waals surface area contributed by atoms with Gasteiger partial charge in [-0.1, -0.05) is 19.8 Å². The molecule has 2 amide bonds. The molecule has 16 heavy (non-hydrogen) atoms. The van der Waals surface area contributed by atoms with E-state index >= 15 is 0 Å². The molecule has 4 heteroatoms. The molecule has 1 heterocycles. The van der Waals surface area contributed by atoms with Gasteiger partial charge in [-0.3, -0.25) is 0 Å². The van der Waals surface area contributed by atoms with Crippen LogP contribution >= 0.6 is 11.8 Å². The van der Waals surface area contributed by atoms with Crippen molar-refractivity contribution in [2.75, 3.05) is 31.1 Å². The van der Waals surface area contributed by atoms with Crippen LogP contribution in [0, 0.1) is 5.41 Å². The smallest absolute Gasteiger partial charge is 0.317 e. The van der Waals surface area contributed by atoms with Crippen LogP contribution in [0.25, 0.3) is 0 Å². The Hall–Kier alpha value is -0.380. The summed E-state index contributed by atoms with van der Waals surface area (Å²) in [6.45, 7) is 4.97. The first-order chi connectivity index (χ1) is 7.70. The van der Waals surface area contributed by atoms with Crippen LogP contribution < -0.4 is 5.32 Å². The Morgan fingerprint density at radius 2 is 1.94 bits per heavy atom. The van der Waals surface area contributed by atoms with Crippen LogP contribution in [0.1, 0.15) is 32.6 Å². The van der Waals surface area contributed by atoms with Gasteiger partial charge in [-0.05, 0) is 18.3 Å². The highest BCUT2D eigenvalue weighted by Crippen LogP contribution is 2.36. The molecule has 0 spiro atoms. The number of carbonyl (C=O) groups is 1. The van der Waals surface area contributed by atoms with Gasteiger partial charge in [0.15, 0.2) is 0 Å². The Kier molecular flexibility index (Phi) is 4.00. The van der Waals surface area contributed by atoms with Crippen molar-refractivity contribution < 1.29 is 4.79 Å². The maximum atomic E-state index is 11.9. The van der Waals surface area contributed by atoms with Gasteiger partial charge in [-0.15, -0.1) is 0 Å². The van der Waals surface area contributed by atoms with Crippen molar-refractivity contribution in [3.63, 3.8) is 0 Å². The summed E-state index contributed by atoms with van der Waals surface area (Å²) in [5.74, 6) is 2.18. The molecule has 0 radical (unpaired) electrons. The van der Waals surface area contributed by atoms with E-state index in [1.807, 2.05) is 16.7 Å². The minimum absolute atomic E-state index is 0.147. The minimum atomic E-state index is 0.147. The molecule has 2 fully saturated rings. The lowest BCUT2D eigenvalue weighted by Crippen LogP contribution is -2.46. The van der Waals surface area contributed by atoms with Crippen LogP contribution in [0.15, 0.2) is 0 Å². The van der Waals surface area contributed by atoms with Crippen molar-refractivity contribution in [3.8, 4) is 0 Å². The van der Waals surface area contributed by atoms with Crippen molar-refractivity contribution in [1.29, 1.82) is 0 Å². The van der Waals surface area contributed by atoms with Crippen molar-refractivity contribution in [3.05, 3.63) is 0 Å². The number of nitrogens with zero attached hydrogens (tertiary/aromatic N) is 1. The fourth-order valence-corrected chi connectivity index (χ4v) is 3.48. The number of rotatable bonds is 2. The van der Waals surface area contributed by atoms with Crippen LogP contribution in [-0.2, 0) is 0 Å². The van der Waals surface area contributed by atoms with Gasteiger partial charge in [-0.25, -0.2) is 4.79 Å². The number of hydrogen-bond donors (Lipinski definition) is 1. The highest BCUT2D eigenvalue weighted by molar-refractivity contribution is 7.99. The maximum Gasteiger partial charge on any atom is 0.317 e. The highest BCUT2D eigenvalue weighted by atomic mass is 32.2. The molecular formula is C12H22N2OS. The largest absolute Gasteiger partial charge is 0.337 e. The fourth-order valence-electron chi connectivity index (χ4n) is 2.57. The van der Waals surface area contributed by atoms with Crippen molar-refractivity contribution in [1.82, 2.24) is 10.2 Å². The number of carbonyl (C=O) groups excluding carboxylic acids is 1. The molecule has 1 saturated carbocycles. The molecule has 2 rings (SSSR count). The minimum Gasteiger partial charge on any atom is -0.337 e. The van der Waals surface area contributed by atoms with Crippen molar-refractivity contribution in [2.24, 2.45) is 5.41 Å². The summed E-state index contributed by atoms with van der Waals surface area (Å²) in [6.07, 6.45) is 5.19. The van der Waals surface area contributed by atoms with Crippen LogP contribution in [0.2, 0.25) is 0 Å². The van der Waals surface area contributed by atoms with Crippen LogP contribution in [-0.4, -0.2) is 42.1 Å². The second-order valence-electron chi connectivity index (χ2n) is 5.28. The Morgan fingerprint density at radius 3 is 2.56 bits per heavy atom. The van der Waals surface area contributed by atoms with E-state index in [0.717, 1.165) is 31.1 Å². The molecule has 0 bridgehead atoms. The van der Waals surface area contributed by atoms with Crippen LogP contribution in [0.4, 0.5) is 4.79 Å². The number of nitrogens with one attached hydrogen (secondary N) is 1. The van der Waals surface area contributed by atoms with E-state index in [9.17, 15) is 4.79 Å². The van der Waals surface area contributed by atoms with Crippen LogP contribution in [0.5, 0.6) is 0 Å². The van der Waals surface area contributed by atoms with E-state index in [2.05, 4.69) is 12.2 Å². The molecule has 2 aliphatic rings. The Labute approximate surface area is 102 Å². The summed E-state index contributed by atoms with van der Waals surface area (Å²) in [7, 11) is 0. The third-order valence-corrected chi connectivity index (χ3v) is 4.72. The first kappa shape index (κ1) is 12.1. The van der Waals surface area contributed by atoms with Gasteiger partial charge in [0.2, 0.25) is 0 Å². The molecule has 1 aliphatic carbocycles. The Morgan fingerprint density at radius 1 is 1.31 bits per heavy atom. The zero-order valence-electron chi connectivity index (χ0n) is 10.1. The van der Waals surface area contributed by atoms with Crippen molar-refractivity contribution >= 4 is 17.8 Å². The van der Waals surface area contributed by atoms with Gasteiger partial charge in [0.25, 0.3) is 0 Å². The molecule has 0 aromatic rings. The Bertz CT molecular complexity index is 245. The second kappa shape index (κ2) is 5.30. The van der Waals surface area contributed by atoms with E-state index in [-0.39, 0.29) is 6.03 Å². The van der Waals surface area contributed by atoms with Crippen molar-refractivity contribution in [2.45, 2.75) is 32.6 Å². The normalized spacial score (nSPS) is 24.4. The van der Waals surface area contributed by atoms with E-state index in [4.69, 9.17) is 0 Å². The topological polar surface area (TPSA) is 32.3 Å². The quantitative estimate of drug-likeness (QED) is 0.806. The average Bonchev–Trinajstić information content (AvgIpc) is 2.75. The van der Waals surface area contributed by atoms with E-state index in [1.165, 1.54) is 25.7 Å². The standard InChI is InChI=1S/C12H22N2OS/c1-12(4-2-3-5-12)10-13-11(15)14-6-8-16-9-7-14/h2-10H2,1H3,(H,13,15). The lowest BCUT2D eigenvalue weighted by molar-refractivity contribution is 0.195. The monoisotopic (exact) mass is 242 g/mol.